The molecule has 0 unspecified atom stereocenters. The van der Waals surface area contributed by atoms with Crippen LogP contribution in [-0.4, -0.2) is 54.7 Å². The van der Waals surface area contributed by atoms with Gasteiger partial charge in [0.25, 0.3) is 5.91 Å². The van der Waals surface area contributed by atoms with Gasteiger partial charge in [0, 0.05) is 33.0 Å². The first kappa shape index (κ1) is 31.7. The Hall–Kier alpha value is -3.86. The van der Waals surface area contributed by atoms with Gasteiger partial charge in [-0.1, -0.05) is 47.0 Å². The van der Waals surface area contributed by atoms with Crippen LogP contribution in [0.15, 0.2) is 49.7 Å². The number of carbonyl (C=O) groups excluding carboxylic acids is 1. The van der Waals surface area contributed by atoms with Crippen molar-refractivity contribution in [3.8, 4) is 16.5 Å². The van der Waals surface area contributed by atoms with Crippen molar-refractivity contribution in [1.82, 2.24) is 34.7 Å². The van der Waals surface area contributed by atoms with E-state index >= 15 is 0 Å². The maximum atomic E-state index is 12.9. The van der Waals surface area contributed by atoms with E-state index in [2.05, 4.69) is 82.5 Å². The molecule has 222 valence electrons. The molecular weight excluding hydrogens is 534 g/mol. The minimum absolute atomic E-state index is 0. The van der Waals surface area contributed by atoms with Gasteiger partial charge < -0.3 is 14.8 Å². The van der Waals surface area contributed by atoms with Crippen molar-refractivity contribution in [1.29, 1.82) is 0 Å². The van der Waals surface area contributed by atoms with Crippen LogP contribution >= 0.6 is 11.3 Å². The fourth-order valence-corrected chi connectivity index (χ4v) is 4.98. The molecule has 0 aromatic carbocycles. The molecule has 1 aliphatic rings. The van der Waals surface area contributed by atoms with Crippen LogP contribution < -0.4 is 10.2 Å². The van der Waals surface area contributed by atoms with E-state index in [1.807, 2.05) is 29.9 Å². The molecule has 4 aromatic rings. The predicted octanol–water partition coefficient (Wildman–Crippen LogP) is 7.37. The molecule has 5 rings (SSSR count). The molecule has 0 radical (unpaired) electrons. The molecule has 10 nitrogen and oxygen atoms in total. The maximum absolute atomic E-state index is 12.9. The molecular formula is C30H45N9OS. The van der Waals surface area contributed by atoms with Gasteiger partial charge in [-0.2, -0.15) is 5.10 Å². The molecule has 1 aliphatic carbocycles. The molecule has 2 N–H and O–H groups in total. The Balaban J connectivity index is 0.000000489. The zero-order valence-corrected chi connectivity index (χ0v) is 26.0. The lowest BCUT2D eigenvalue weighted by molar-refractivity contribution is 0.102. The zero-order chi connectivity index (χ0) is 30.0. The second kappa shape index (κ2) is 14.7. The first-order valence-corrected chi connectivity index (χ1v) is 14.9. The molecule has 4 aromatic heterocycles. The number of imidazole rings is 1. The van der Waals surface area contributed by atoms with Gasteiger partial charge in [-0.3, -0.25) is 9.89 Å². The number of pyridine rings is 1. The maximum Gasteiger partial charge on any atom is 0.275 e. The molecule has 0 aliphatic heterocycles. The van der Waals surface area contributed by atoms with Gasteiger partial charge in [-0.25, -0.2) is 19.9 Å². The van der Waals surface area contributed by atoms with Crippen LogP contribution in [0.1, 0.15) is 89.7 Å². The molecule has 1 amide bonds. The standard InChI is InChI=1S/C20H21N9OS.C8H18.C2H4.H2/c1-28(2)16-7-21-13(6-15(16)29-8-14(23-11-29)12-4-3-5-12)19(30)25-17-9-31-20(26-17)18-22-10-24-27-18;1-5-7-8(3,4)6-2;1-2;/h6-12H,3-5H2,1-2H3,(H,25,30)(H,22,24,27);5-7H2,1-4H3;1-2H2;1H. The van der Waals surface area contributed by atoms with Crippen molar-refractivity contribution in [2.24, 2.45) is 5.41 Å². The van der Waals surface area contributed by atoms with Crippen LogP contribution in [-0.2, 0) is 0 Å². The topological polar surface area (TPSA) is 118 Å². The highest BCUT2D eigenvalue weighted by atomic mass is 32.1. The zero-order valence-electron chi connectivity index (χ0n) is 25.1. The third-order valence-electron chi connectivity index (χ3n) is 7.23. The van der Waals surface area contributed by atoms with E-state index in [1.54, 1.807) is 17.6 Å². The first-order valence-electron chi connectivity index (χ1n) is 14.0. The number of nitrogens with one attached hydrogen (secondary N) is 2. The Kier molecular flexibility index (Phi) is 11.3. The summed E-state index contributed by atoms with van der Waals surface area (Å²) in [5, 5.41) is 11.8. The highest BCUT2D eigenvalue weighted by molar-refractivity contribution is 7.13. The number of carbonyl (C=O) groups is 1. The van der Waals surface area contributed by atoms with Crippen LogP contribution in [0.25, 0.3) is 16.5 Å². The van der Waals surface area contributed by atoms with Gasteiger partial charge in [0.2, 0.25) is 0 Å². The largest absolute Gasteiger partial charge is 0.375 e. The van der Waals surface area contributed by atoms with Gasteiger partial charge in [-0.05, 0) is 30.7 Å². The second-order valence-corrected chi connectivity index (χ2v) is 11.7. The van der Waals surface area contributed by atoms with E-state index in [0.29, 0.717) is 33.7 Å². The Morgan fingerprint density at radius 2 is 2.00 bits per heavy atom. The smallest absolute Gasteiger partial charge is 0.275 e. The van der Waals surface area contributed by atoms with Gasteiger partial charge in [0.15, 0.2) is 10.8 Å². The van der Waals surface area contributed by atoms with E-state index in [4.69, 9.17) is 0 Å². The van der Waals surface area contributed by atoms with E-state index in [1.165, 1.54) is 56.2 Å². The Morgan fingerprint density at radius 1 is 1.24 bits per heavy atom. The number of amides is 1. The van der Waals surface area contributed by atoms with Crippen molar-refractivity contribution >= 4 is 28.7 Å². The number of aromatic amines is 1. The lowest BCUT2D eigenvalue weighted by Gasteiger charge is -2.23. The van der Waals surface area contributed by atoms with Crippen LogP contribution in [0, 0.1) is 5.41 Å². The highest BCUT2D eigenvalue weighted by Gasteiger charge is 2.23. The Morgan fingerprint density at radius 3 is 2.56 bits per heavy atom. The van der Waals surface area contributed by atoms with E-state index < -0.39 is 0 Å². The summed E-state index contributed by atoms with van der Waals surface area (Å²) in [7, 11) is 3.90. The second-order valence-electron chi connectivity index (χ2n) is 10.9. The van der Waals surface area contributed by atoms with E-state index in [9.17, 15) is 4.79 Å². The van der Waals surface area contributed by atoms with Crippen molar-refractivity contribution in [2.45, 2.75) is 72.1 Å². The average molecular weight is 580 g/mol. The number of hydrogen-bond acceptors (Lipinski definition) is 8. The Labute approximate surface area is 248 Å². The fraction of sp³-hybridized carbons (Fsp3) is 0.467. The molecule has 0 spiro atoms. The van der Waals surface area contributed by atoms with Crippen molar-refractivity contribution in [2.75, 3.05) is 24.3 Å². The van der Waals surface area contributed by atoms with Crippen LogP contribution in [0.2, 0.25) is 0 Å². The number of rotatable bonds is 9. The third-order valence-corrected chi connectivity index (χ3v) is 8.08. The summed E-state index contributed by atoms with van der Waals surface area (Å²) in [5.74, 6) is 1.21. The van der Waals surface area contributed by atoms with Gasteiger partial charge >= 0.3 is 0 Å². The number of anilines is 2. The average Bonchev–Trinajstić information content (AvgIpc) is 3.71. The molecule has 0 atom stereocenters. The fourth-order valence-electron chi connectivity index (χ4n) is 4.28. The Bertz CT molecular complexity index is 1380. The first-order chi connectivity index (χ1) is 19.7. The van der Waals surface area contributed by atoms with Crippen LogP contribution in [0.5, 0.6) is 0 Å². The van der Waals surface area contributed by atoms with Gasteiger partial charge in [0.1, 0.15) is 17.8 Å². The lowest BCUT2D eigenvalue weighted by atomic mass is 9.83. The van der Waals surface area contributed by atoms with Crippen LogP contribution in [0.3, 0.4) is 0 Å². The molecule has 0 bridgehead atoms. The summed E-state index contributed by atoms with van der Waals surface area (Å²) < 4.78 is 1.96. The molecule has 11 heteroatoms. The number of thiazole rings is 1. The van der Waals surface area contributed by atoms with Crippen molar-refractivity contribution in [3.05, 3.63) is 61.0 Å². The van der Waals surface area contributed by atoms with Gasteiger partial charge in [-0.15, -0.1) is 24.5 Å². The van der Waals surface area contributed by atoms with Crippen LogP contribution in [0.4, 0.5) is 11.5 Å². The SMILES string of the molecule is C=C.CCCC(C)(C)CC.CN(C)c1cnc(C(=O)Nc2csc(-c3ncn[nH]3)n2)cc1-n1cnc(C2CCC2)c1.[HH]. The lowest BCUT2D eigenvalue weighted by Crippen LogP contribution is -2.17. The monoisotopic (exact) mass is 579 g/mol. The summed E-state index contributed by atoms with van der Waals surface area (Å²) in [6.45, 7) is 15.2. The summed E-state index contributed by atoms with van der Waals surface area (Å²) in [4.78, 5) is 32.2. The van der Waals surface area contributed by atoms with Crippen molar-refractivity contribution < 1.29 is 6.22 Å². The van der Waals surface area contributed by atoms with E-state index in [-0.39, 0.29) is 7.33 Å². The predicted molar refractivity (Wildman–Crippen MR) is 170 cm³/mol. The number of H-pyrrole nitrogens is 1. The minimum atomic E-state index is -0.333. The normalized spacial score (nSPS) is 12.8. The molecule has 0 saturated heterocycles. The molecule has 1 fully saturated rings. The van der Waals surface area contributed by atoms with E-state index in [0.717, 1.165) is 17.1 Å². The number of hydrogen-bond donors (Lipinski definition) is 2. The highest BCUT2D eigenvalue weighted by Crippen LogP contribution is 2.36. The minimum Gasteiger partial charge on any atom is -0.375 e. The molecule has 1 saturated carbocycles. The summed E-state index contributed by atoms with van der Waals surface area (Å²) >= 11 is 1.36. The number of nitrogens with zero attached hydrogens (tertiary/aromatic N) is 7. The summed E-state index contributed by atoms with van der Waals surface area (Å²) in [5.41, 5.74) is 3.74. The molecule has 4 heterocycles. The van der Waals surface area contributed by atoms with Gasteiger partial charge in [0.05, 0.1) is 29.6 Å². The third kappa shape index (κ3) is 8.32. The number of aromatic nitrogens is 7. The van der Waals surface area contributed by atoms with Crippen molar-refractivity contribution in [3.63, 3.8) is 0 Å². The quantitative estimate of drug-likeness (QED) is 0.199. The summed E-state index contributed by atoms with van der Waals surface area (Å²) in [6.07, 6.45) is 14.6. The molecule has 41 heavy (non-hydrogen) atoms. The summed E-state index contributed by atoms with van der Waals surface area (Å²) in [6, 6.07) is 1.78.